The standard InChI is InChI=1S/C59H52N4O11/c64-33-34-72-49-24-14-13-23-45(49)54-59(46-35-39(26-25-38-15-5-1-6-16-38)29-32-47(46)61(57(59)68)58(69)73-37-40-27-30-44(31-28-40)63(70)71)50(55(66)60-36-48(65)41-17-7-2-8-18-41)52-56(67)74-53(43-21-11-4-12-22-43)51(62(52)54)42-19-9-3-10-20-42/h2-4,7-15,17-24,27-32,35,48,50-54,64-65H,1,5-6,16,33-34,36-37H2,(H,60,66)/t48-,50-,51-,52-,53+,54+,59-/m0/s1. The van der Waals surface area contributed by atoms with E-state index in [2.05, 4.69) is 23.2 Å². The SMILES string of the molecule is O=C1O[C@H](c2ccccc2)[C@H](c2ccccc2)N2[C@H]1[C@@H](C(=O)NC[C@H](O)c1ccccc1)[C@]1(C(=O)N(C(=O)OCc3ccc([N+](=O)[O-])cc3)c3ccc(C#CC4=CCCCC4)cc31)[C@H]2c1ccccc1OCCO. The number of imide groups is 1. The molecule has 0 saturated carbocycles. The molecule has 10 rings (SSSR count). The van der Waals surface area contributed by atoms with Crippen LogP contribution in [-0.4, -0.2) is 69.7 Å². The summed E-state index contributed by atoms with van der Waals surface area (Å²) >= 11 is 0. The molecule has 3 amide bonds. The summed E-state index contributed by atoms with van der Waals surface area (Å²) in [5.74, 6) is 2.63. The van der Waals surface area contributed by atoms with Crippen molar-refractivity contribution in [3.63, 3.8) is 0 Å². The second-order valence-electron chi connectivity index (χ2n) is 18.6. The average Bonchev–Trinajstić information content (AvgIpc) is 3.97. The van der Waals surface area contributed by atoms with Crippen molar-refractivity contribution in [1.29, 1.82) is 0 Å². The summed E-state index contributed by atoms with van der Waals surface area (Å²) in [6.07, 6.45) is 2.49. The van der Waals surface area contributed by atoms with E-state index in [9.17, 15) is 25.1 Å². The molecule has 1 spiro atoms. The molecule has 6 aromatic rings. The second-order valence-corrected chi connectivity index (χ2v) is 18.6. The number of morpholine rings is 1. The normalized spacial score (nSPS) is 22.3. The molecule has 3 aliphatic heterocycles. The molecule has 1 aliphatic carbocycles. The van der Waals surface area contributed by atoms with Gasteiger partial charge in [0.05, 0.1) is 41.3 Å². The van der Waals surface area contributed by atoms with Crippen molar-refractivity contribution in [1.82, 2.24) is 10.2 Å². The van der Waals surface area contributed by atoms with Gasteiger partial charge in [-0.2, -0.15) is 0 Å². The Morgan fingerprint density at radius 2 is 1.53 bits per heavy atom. The maximum atomic E-state index is 16.7. The molecule has 2 fully saturated rings. The van der Waals surface area contributed by atoms with Crippen LogP contribution in [0.3, 0.4) is 0 Å². The van der Waals surface area contributed by atoms with Gasteiger partial charge in [-0.1, -0.05) is 127 Å². The topological polar surface area (TPSA) is 198 Å². The third-order valence-electron chi connectivity index (χ3n) is 14.3. The van der Waals surface area contributed by atoms with Gasteiger partial charge in [0.25, 0.3) is 5.69 Å². The van der Waals surface area contributed by atoms with Gasteiger partial charge >= 0.3 is 12.1 Å². The smallest absolute Gasteiger partial charge is 0.421 e. The maximum absolute atomic E-state index is 16.7. The summed E-state index contributed by atoms with van der Waals surface area (Å²) in [5, 5.41) is 36.1. The largest absolute Gasteiger partial charge is 0.491 e. The molecule has 15 heteroatoms. The number of anilines is 1. The number of hydrogen-bond acceptors (Lipinski definition) is 12. The lowest BCUT2D eigenvalue weighted by Crippen LogP contribution is -2.56. The number of cyclic esters (lactones) is 1. The number of fused-ring (bicyclic) bond motifs is 3. The number of esters is 1. The molecule has 374 valence electrons. The monoisotopic (exact) mass is 992 g/mol. The lowest BCUT2D eigenvalue weighted by Gasteiger charge is -2.46. The first-order valence-corrected chi connectivity index (χ1v) is 24.6. The molecule has 3 N–H and O–H groups in total. The Morgan fingerprint density at radius 3 is 2.22 bits per heavy atom. The zero-order valence-corrected chi connectivity index (χ0v) is 40.1. The number of non-ortho nitro benzene ring substituents is 1. The molecule has 3 heterocycles. The Kier molecular flexibility index (Phi) is 14.2. The molecular formula is C59H52N4O11. The van der Waals surface area contributed by atoms with E-state index >= 15 is 14.4 Å². The number of ether oxygens (including phenoxy) is 3. The van der Waals surface area contributed by atoms with E-state index in [1.165, 1.54) is 24.3 Å². The number of nitrogens with zero attached hydrogens (tertiary/aromatic N) is 3. The first-order valence-electron chi connectivity index (χ1n) is 24.6. The molecule has 7 atom stereocenters. The summed E-state index contributed by atoms with van der Waals surface area (Å²) in [4.78, 5) is 76.8. The number of allylic oxidation sites excluding steroid dienone is 2. The maximum Gasteiger partial charge on any atom is 0.421 e. The predicted octanol–water partition coefficient (Wildman–Crippen LogP) is 8.67. The third kappa shape index (κ3) is 9.19. The van der Waals surface area contributed by atoms with E-state index in [0.717, 1.165) is 36.2 Å². The molecule has 0 unspecified atom stereocenters. The van der Waals surface area contributed by atoms with Crippen LogP contribution in [0.5, 0.6) is 5.75 Å². The number of nitrogens with one attached hydrogen (secondary N) is 1. The van der Waals surface area contributed by atoms with Crippen LogP contribution in [0.1, 0.15) is 88.9 Å². The number of amides is 3. The number of aliphatic hydroxyl groups is 2. The lowest BCUT2D eigenvalue weighted by molar-refractivity contribution is -0.384. The Hall–Kier alpha value is -8.42. The number of hydrogen-bond donors (Lipinski definition) is 3. The quantitative estimate of drug-likeness (QED) is 0.0432. The van der Waals surface area contributed by atoms with Crippen molar-refractivity contribution in [2.45, 2.75) is 68.0 Å². The first kappa shape index (κ1) is 49.2. The van der Waals surface area contributed by atoms with E-state index < -0.39 is 70.5 Å². The van der Waals surface area contributed by atoms with Gasteiger partial charge < -0.3 is 29.7 Å². The predicted molar refractivity (Wildman–Crippen MR) is 272 cm³/mol. The molecule has 2 saturated heterocycles. The van der Waals surface area contributed by atoms with Crippen molar-refractivity contribution in [2.75, 3.05) is 24.7 Å². The highest BCUT2D eigenvalue weighted by atomic mass is 16.6. The highest BCUT2D eigenvalue weighted by Gasteiger charge is 2.76. The van der Waals surface area contributed by atoms with Crippen LogP contribution >= 0.6 is 0 Å². The Bertz CT molecular complexity index is 3180. The number of carbonyl (C=O) groups is 4. The van der Waals surface area contributed by atoms with Gasteiger partial charge in [0.1, 0.15) is 36.5 Å². The number of nitro groups is 1. The van der Waals surface area contributed by atoms with E-state index in [1.54, 1.807) is 72.8 Å². The molecule has 0 bridgehead atoms. The Labute approximate surface area is 427 Å². The Morgan fingerprint density at radius 1 is 0.838 bits per heavy atom. The van der Waals surface area contributed by atoms with Crippen molar-refractivity contribution in [3.8, 4) is 17.6 Å². The van der Waals surface area contributed by atoms with Gasteiger partial charge in [0.2, 0.25) is 11.8 Å². The molecule has 0 aromatic heterocycles. The average molecular weight is 993 g/mol. The molecular weight excluding hydrogens is 941 g/mol. The fourth-order valence-corrected chi connectivity index (χ4v) is 11.1. The van der Waals surface area contributed by atoms with Crippen molar-refractivity contribution in [3.05, 3.63) is 218 Å². The van der Waals surface area contributed by atoms with Crippen LogP contribution in [-0.2, 0) is 35.9 Å². The fourth-order valence-electron chi connectivity index (χ4n) is 11.1. The molecule has 6 aromatic carbocycles. The zero-order valence-electron chi connectivity index (χ0n) is 40.1. The fraction of sp³-hybridized carbons (Fsp3) is 0.254. The van der Waals surface area contributed by atoms with E-state index in [0.29, 0.717) is 33.4 Å². The van der Waals surface area contributed by atoms with Gasteiger partial charge in [-0.15, -0.1) is 0 Å². The Balaban J connectivity index is 1.23. The summed E-state index contributed by atoms with van der Waals surface area (Å²) in [6.45, 7) is -1.23. The van der Waals surface area contributed by atoms with E-state index in [1.807, 2.05) is 65.6 Å². The number of rotatable bonds is 13. The van der Waals surface area contributed by atoms with Gasteiger partial charge in [-0.25, -0.2) is 9.69 Å². The summed E-state index contributed by atoms with van der Waals surface area (Å²) in [5.41, 5.74) is 1.87. The number of para-hydroxylation sites is 1. The minimum absolute atomic E-state index is 0.0658. The van der Waals surface area contributed by atoms with Crippen molar-refractivity contribution >= 4 is 35.3 Å². The summed E-state index contributed by atoms with van der Waals surface area (Å²) in [6, 6.07) is 40.8. The van der Waals surface area contributed by atoms with Gasteiger partial charge in [0, 0.05) is 29.8 Å². The summed E-state index contributed by atoms with van der Waals surface area (Å²) in [7, 11) is 0. The van der Waals surface area contributed by atoms with Crippen LogP contribution in [0.4, 0.5) is 16.2 Å². The van der Waals surface area contributed by atoms with E-state index in [4.69, 9.17) is 14.2 Å². The highest BCUT2D eigenvalue weighted by Crippen LogP contribution is 2.66. The number of nitro benzene ring substituents is 1. The lowest BCUT2D eigenvalue weighted by atomic mass is 9.65. The molecule has 0 radical (unpaired) electrons. The van der Waals surface area contributed by atoms with Crippen LogP contribution < -0.4 is 15.0 Å². The van der Waals surface area contributed by atoms with Gasteiger partial charge in [-0.05, 0) is 95.5 Å². The minimum Gasteiger partial charge on any atom is -0.491 e. The van der Waals surface area contributed by atoms with Crippen LogP contribution in [0, 0.1) is 27.9 Å². The van der Waals surface area contributed by atoms with E-state index in [-0.39, 0.29) is 49.1 Å². The van der Waals surface area contributed by atoms with Gasteiger partial charge in [-0.3, -0.25) is 29.4 Å². The second kappa shape index (κ2) is 21.3. The van der Waals surface area contributed by atoms with Gasteiger partial charge in [0.15, 0.2) is 0 Å². The summed E-state index contributed by atoms with van der Waals surface area (Å²) < 4.78 is 18.8. The van der Waals surface area contributed by atoms with Crippen LogP contribution in [0.25, 0.3) is 0 Å². The zero-order chi connectivity index (χ0) is 51.3. The van der Waals surface area contributed by atoms with Crippen LogP contribution in [0.2, 0.25) is 0 Å². The number of carbonyl (C=O) groups excluding carboxylic acids is 4. The minimum atomic E-state index is -2.22. The third-order valence-corrected chi connectivity index (χ3v) is 14.3. The molecule has 15 nitrogen and oxygen atoms in total. The van der Waals surface area contributed by atoms with Crippen molar-refractivity contribution in [2.24, 2.45) is 5.92 Å². The van der Waals surface area contributed by atoms with Crippen LogP contribution in [0.15, 0.2) is 169 Å². The highest BCUT2D eigenvalue weighted by molar-refractivity contribution is 6.23. The number of aliphatic hydroxyl groups excluding tert-OH is 2. The van der Waals surface area contributed by atoms with Crippen molar-refractivity contribution < 1.29 is 48.5 Å². The molecule has 74 heavy (non-hydrogen) atoms. The molecule has 4 aliphatic rings. The first-order chi connectivity index (χ1) is 36.1. The number of benzene rings is 6.